The van der Waals surface area contributed by atoms with Gasteiger partial charge in [0.1, 0.15) is 10.8 Å². The van der Waals surface area contributed by atoms with Gasteiger partial charge >= 0.3 is 0 Å². The first-order valence-electron chi connectivity index (χ1n) is 10.2. The summed E-state index contributed by atoms with van der Waals surface area (Å²) < 4.78 is 25.0. The van der Waals surface area contributed by atoms with Crippen LogP contribution in [-0.2, 0) is 31.6 Å². The molecule has 1 aliphatic rings. The summed E-state index contributed by atoms with van der Waals surface area (Å²) in [7, 11) is -3.55. The van der Waals surface area contributed by atoms with E-state index >= 15 is 0 Å². The number of rotatable bonds is 7. The zero-order valence-corrected chi connectivity index (χ0v) is 19.0. The van der Waals surface area contributed by atoms with Gasteiger partial charge in [-0.25, -0.2) is 8.42 Å². The fraction of sp³-hybridized carbons (Fsp3) is 0.273. The van der Waals surface area contributed by atoms with Crippen LogP contribution in [0, 0.1) is 5.92 Å². The molecule has 0 spiro atoms. The highest BCUT2D eigenvalue weighted by molar-refractivity contribution is 7.90. The van der Waals surface area contributed by atoms with Gasteiger partial charge < -0.3 is 10.2 Å². The lowest BCUT2D eigenvalue weighted by molar-refractivity contribution is -0.122. The van der Waals surface area contributed by atoms with Gasteiger partial charge in [0, 0.05) is 18.7 Å². The summed E-state index contributed by atoms with van der Waals surface area (Å²) in [4.78, 5) is 26.9. The van der Waals surface area contributed by atoms with Crippen LogP contribution in [0.5, 0.6) is 0 Å². The van der Waals surface area contributed by atoms with Gasteiger partial charge in [-0.2, -0.15) is 0 Å². The highest BCUT2D eigenvalue weighted by Crippen LogP contribution is 2.27. The molecule has 2 aromatic carbocycles. The number of sulfone groups is 1. The lowest BCUT2D eigenvalue weighted by atomic mass is 10.1. The van der Waals surface area contributed by atoms with Gasteiger partial charge in [0.2, 0.25) is 16.9 Å². The molecule has 1 aromatic heterocycles. The van der Waals surface area contributed by atoms with Gasteiger partial charge in [-0.1, -0.05) is 48.6 Å². The third kappa shape index (κ3) is 4.86. The summed E-state index contributed by atoms with van der Waals surface area (Å²) in [5.41, 5.74) is 1.95. The van der Waals surface area contributed by atoms with Crippen molar-refractivity contribution in [2.45, 2.75) is 30.4 Å². The van der Waals surface area contributed by atoms with E-state index in [0.717, 1.165) is 23.4 Å². The smallest absolute Gasteiger partial charge is 0.231 e. The van der Waals surface area contributed by atoms with Crippen molar-refractivity contribution in [1.29, 1.82) is 0 Å². The summed E-state index contributed by atoms with van der Waals surface area (Å²) in [5, 5.41) is 11.0. The van der Waals surface area contributed by atoms with Crippen molar-refractivity contribution in [2.24, 2.45) is 5.92 Å². The van der Waals surface area contributed by atoms with E-state index in [1.807, 2.05) is 24.3 Å². The zero-order valence-electron chi connectivity index (χ0n) is 17.4. The number of nitrogens with zero attached hydrogens (tertiary/aromatic N) is 3. The van der Waals surface area contributed by atoms with Crippen LogP contribution in [-0.4, -0.2) is 37.0 Å². The third-order valence-electron chi connectivity index (χ3n) is 5.26. The maximum atomic E-state index is 12.7. The topological polar surface area (TPSA) is 109 Å². The van der Waals surface area contributed by atoms with E-state index in [-0.39, 0.29) is 45.6 Å². The Labute approximate surface area is 190 Å². The lowest BCUT2D eigenvalue weighted by Crippen LogP contribution is -2.28. The number of benzene rings is 2. The molecule has 1 saturated heterocycles. The molecule has 1 aliphatic heterocycles. The molecule has 1 unspecified atom stereocenters. The van der Waals surface area contributed by atoms with E-state index in [4.69, 9.17) is 0 Å². The Hall–Kier alpha value is -3.11. The highest BCUT2D eigenvalue weighted by atomic mass is 32.2. The van der Waals surface area contributed by atoms with E-state index in [0.29, 0.717) is 0 Å². The maximum absolute atomic E-state index is 12.7. The molecule has 1 atom stereocenters. The van der Waals surface area contributed by atoms with Crippen molar-refractivity contribution in [3.8, 4) is 0 Å². The number of aryl methyl sites for hydroxylation is 1. The molecule has 2 amide bonds. The summed E-state index contributed by atoms with van der Waals surface area (Å²) >= 11 is 1.01. The number of anilines is 2. The van der Waals surface area contributed by atoms with Crippen LogP contribution in [0.2, 0.25) is 0 Å². The SMILES string of the molecule is CCc1ccc(N2CC(C(=O)Nc3nnc(CS(=O)(=O)c4ccccc4)s3)CC2=O)cc1. The lowest BCUT2D eigenvalue weighted by Gasteiger charge is -2.17. The monoisotopic (exact) mass is 470 g/mol. The minimum Gasteiger partial charge on any atom is -0.312 e. The molecule has 4 rings (SSSR count). The standard InChI is InChI=1S/C22H22N4O4S2/c1-2-15-8-10-17(11-9-15)26-13-16(12-20(26)27)21(28)23-22-25-24-19(31-22)14-32(29,30)18-6-4-3-5-7-18/h3-11,16H,2,12-14H2,1H3,(H,23,25,28). The van der Waals surface area contributed by atoms with Crippen LogP contribution >= 0.6 is 11.3 Å². The number of amides is 2. The quantitative estimate of drug-likeness (QED) is 0.568. The first-order chi connectivity index (χ1) is 15.4. The van der Waals surface area contributed by atoms with Gasteiger partial charge in [0.05, 0.1) is 10.8 Å². The second-order valence-corrected chi connectivity index (χ2v) is 10.5. The number of carbonyl (C=O) groups excluding carboxylic acids is 2. The average Bonchev–Trinajstić information content (AvgIpc) is 3.40. The fourth-order valence-corrected chi connectivity index (χ4v) is 5.85. The summed E-state index contributed by atoms with van der Waals surface area (Å²) in [6.45, 7) is 2.34. The molecule has 0 radical (unpaired) electrons. The van der Waals surface area contributed by atoms with Crippen LogP contribution in [0.4, 0.5) is 10.8 Å². The summed E-state index contributed by atoms with van der Waals surface area (Å²) in [5.74, 6) is -1.26. The molecular weight excluding hydrogens is 448 g/mol. The minimum absolute atomic E-state index is 0.107. The molecule has 0 aliphatic carbocycles. The molecule has 3 aromatic rings. The molecule has 0 bridgehead atoms. The van der Waals surface area contributed by atoms with Crippen molar-refractivity contribution >= 4 is 43.8 Å². The largest absolute Gasteiger partial charge is 0.312 e. The Morgan fingerprint density at radius 2 is 1.84 bits per heavy atom. The predicted molar refractivity (Wildman–Crippen MR) is 122 cm³/mol. The number of aromatic nitrogens is 2. The molecule has 166 valence electrons. The Morgan fingerprint density at radius 3 is 2.53 bits per heavy atom. The van der Waals surface area contributed by atoms with Crippen LogP contribution in [0.15, 0.2) is 59.5 Å². The second kappa shape index (κ2) is 9.17. The van der Waals surface area contributed by atoms with Crippen LogP contribution in [0.25, 0.3) is 0 Å². The van der Waals surface area contributed by atoms with E-state index < -0.39 is 15.8 Å². The minimum atomic E-state index is -3.55. The molecule has 8 nitrogen and oxygen atoms in total. The Bertz CT molecular complexity index is 1220. The van der Waals surface area contributed by atoms with Crippen molar-refractivity contribution in [2.75, 3.05) is 16.8 Å². The molecule has 32 heavy (non-hydrogen) atoms. The molecule has 1 N–H and O–H groups in total. The molecular formula is C22H22N4O4S2. The first kappa shape index (κ1) is 22.1. The van der Waals surface area contributed by atoms with Crippen molar-refractivity contribution in [3.63, 3.8) is 0 Å². The van der Waals surface area contributed by atoms with Gasteiger partial charge in [0.25, 0.3) is 0 Å². The summed E-state index contributed by atoms with van der Waals surface area (Å²) in [6, 6.07) is 15.8. The average molecular weight is 471 g/mol. The molecule has 0 saturated carbocycles. The van der Waals surface area contributed by atoms with Gasteiger partial charge in [-0.05, 0) is 36.2 Å². The van der Waals surface area contributed by atoms with Crippen molar-refractivity contribution < 1.29 is 18.0 Å². The van der Waals surface area contributed by atoms with E-state index in [1.165, 1.54) is 17.7 Å². The Balaban J connectivity index is 1.38. The van der Waals surface area contributed by atoms with E-state index in [2.05, 4.69) is 22.4 Å². The maximum Gasteiger partial charge on any atom is 0.231 e. The van der Waals surface area contributed by atoms with Crippen LogP contribution in [0.1, 0.15) is 23.9 Å². The normalized spacial score (nSPS) is 16.3. The second-order valence-electron chi connectivity index (χ2n) is 7.49. The van der Waals surface area contributed by atoms with Crippen molar-refractivity contribution in [3.05, 3.63) is 65.2 Å². The molecule has 1 fully saturated rings. The number of hydrogen-bond acceptors (Lipinski definition) is 7. The van der Waals surface area contributed by atoms with Crippen LogP contribution < -0.4 is 10.2 Å². The van der Waals surface area contributed by atoms with E-state index in [1.54, 1.807) is 23.1 Å². The molecule has 10 heteroatoms. The number of carbonyl (C=O) groups is 2. The van der Waals surface area contributed by atoms with Gasteiger partial charge in [-0.3, -0.25) is 9.59 Å². The Kier molecular flexibility index (Phi) is 6.33. The van der Waals surface area contributed by atoms with Crippen molar-refractivity contribution in [1.82, 2.24) is 10.2 Å². The predicted octanol–water partition coefficient (Wildman–Crippen LogP) is 3.07. The zero-order chi connectivity index (χ0) is 22.7. The Morgan fingerprint density at radius 1 is 1.12 bits per heavy atom. The number of nitrogens with one attached hydrogen (secondary N) is 1. The van der Waals surface area contributed by atoms with Gasteiger partial charge in [-0.15, -0.1) is 10.2 Å². The molecule has 2 heterocycles. The van der Waals surface area contributed by atoms with E-state index in [9.17, 15) is 18.0 Å². The third-order valence-corrected chi connectivity index (χ3v) is 7.93. The number of hydrogen-bond donors (Lipinski definition) is 1. The summed E-state index contributed by atoms with van der Waals surface area (Å²) in [6.07, 6.45) is 1.02. The highest BCUT2D eigenvalue weighted by Gasteiger charge is 2.35. The van der Waals surface area contributed by atoms with Gasteiger partial charge in [0.15, 0.2) is 9.84 Å². The first-order valence-corrected chi connectivity index (χ1v) is 12.6. The fourth-order valence-electron chi connectivity index (χ4n) is 3.49. The van der Waals surface area contributed by atoms with Crippen LogP contribution in [0.3, 0.4) is 0 Å².